The number of amides is 1. The molecule has 0 saturated carbocycles. The molecule has 0 saturated heterocycles. The van der Waals surface area contributed by atoms with Gasteiger partial charge in [-0.05, 0) is 54.4 Å². The van der Waals surface area contributed by atoms with Gasteiger partial charge in [0.2, 0.25) is 0 Å². The van der Waals surface area contributed by atoms with E-state index < -0.39 is 0 Å². The first kappa shape index (κ1) is 22.0. The Morgan fingerprint density at radius 3 is 2.58 bits per heavy atom. The third-order valence-corrected chi connectivity index (χ3v) is 4.62. The number of anilines is 1. The van der Waals surface area contributed by atoms with Crippen LogP contribution in [0, 0.1) is 0 Å². The van der Waals surface area contributed by atoms with Gasteiger partial charge in [-0.15, -0.1) is 0 Å². The fraction of sp³-hybridized carbons (Fsp3) is 0.250. The standard InChI is InChI=1S/C24H28N4O3/c1-4-25-24(28(2)17-18-10-12-21(30-3)13-11-18)26-16-19-7-5-8-20(15-19)27-23(29)22-9-6-14-31-22/h5-15H,4,16-17H2,1-3H3,(H,25,26)(H,27,29). The van der Waals surface area contributed by atoms with E-state index in [0.717, 1.165) is 35.9 Å². The molecule has 2 N–H and O–H groups in total. The van der Waals surface area contributed by atoms with Gasteiger partial charge in [-0.25, -0.2) is 4.99 Å². The van der Waals surface area contributed by atoms with Gasteiger partial charge in [-0.2, -0.15) is 0 Å². The maximum absolute atomic E-state index is 12.2. The van der Waals surface area contributed by atoms with E-state index in [1.54, 1.807) is 19.2 Å². The summed E-state index contributed by atoms with van der Waals surface area (Å²) in [5.74, 6) is 1.64. The van der Waals surface area contributed by atoms with Crippen LogP contribution in [-0.4, -0.2) is 37.5 Å². The zero-order valence-electron chi connectivity index (χ0n) is 18.1. The Kier molecular flexibility index (Phi) is 7.70. The summed E-state index contributed by atoms with van der Waals surface area (Å²) in [6, 6.07) is 19.0. The van der Waals surface area contributed by atoms with E-state index >= 15 is 0 Å². The van der Waals surface area contributed by atoms with Crippen LogP contribution >= 0.6 is 0 Å². The number of benzene rings is 2. The van der Waals surface area contributed by atoms with Crippen molar-refractivity contribution in [1.82, 2.24) is 10.2 Å². The number of aliphatic imine (C=N–C) groups is 1. The summed E-state index contributed by atoms with van der Waals surface area (Å²) in [5.41, 5.74) is 2.85. The van der Waals surface area contributed by atoms with Crippen LogP contribution in [-0.2, 0) is 13.1 Å². The van der Waals surface area contributed by atoms with Crippen LogP contribution in [0.2, 0.25) is 0 Å². The second-order valence-corrected chi connectivity index (χ2v) is 7.01. The van der Waals surface area contributed by atoms with Crippen LogP contribution in [0.15, 0.2) is 76.3 Å². The molecular weight excluding hydrogens is 392 g/mol. The Morgan fingerprint density at radius 1 is 1.10 bits per heavy atom. The average molecular weight is 421 g/mol. The van der Waals surface area contributed by atoms with Gasteiger partial charge in [0, 0.05) is 25.8 Å². The first-order valence-corrected chi connectivity index (χ1v) is 10.1. The monoisotopic (exact) mass is 420 g/mol. The topological polar surface area (TPSA) is 79.1 Å². The van der Waals surface area contributed by atoms with Gasteiger partial charge in [0.25, 0.3) is 5.91 Å². The maximum Gasteiger partial charge on any atom is 0.291 e. The van der Waals surface area contributed by atoms with Crippen molar-refractivity contribution in [3.63, 3.8) is 0 Å². The van der Waals surface area contributed by atoms with Crippen molar-refractivity contribution in [1.29, 1.82) is 0 Å². The highest BCUT2D eigenvalue weighted by Gasteiger charge is 2.10. The maximum atomic E-state index is 12.2. The summed E-state index contributed by atoms with van der Waals surface area (Å²) in [5, 5.41) is 6.17. The smallest absolute Gasteiger partial charge is 0.291 e. The lowest BCUT2D eigenvalue weighted by Gasteiger charge is -2.22. The van der Waals surface area contributed by atoms with Crippen molar-refractivity contribution in [3.8, 4) is 5.75 Å². The van der Waals surface area contributed by atoms with E-state index in [9.17, 15) is 4.79 Å². The molecule has 7 nitrogen and oxygen atoms in total. The van der Waals surface area contributed by atoms with E-state index in [2.05, 4.69) is 15.5 Å². The first-order chi connectivity index (χ1) is 15.1. The van der Waals surface area contributed by atoms with Gasteiger partial charge in [0.05, 0.1) is 19.9 Å². The number of nitrogens with one attached hydrogen (secondary N) is 2. The Morgan fingerprint density at radius 2 is 1.90 bits per heavy atom. The van der Waals surface area contributed by atoms with Gasteiger partial charge in [-0.1, -0.05) is 24.3 Å². The highest BCUT2D eigenvalue weighted by Crippen LogP contribution is 2.15. The molecule has 0 fully saturated rings. The molecule has 0 radical (unpaired) electrons. The van der Waals surface area contributed by atoms with E-state index in [1.807, 2.05) is 62.5 Å². The molecule has 31 heavy (non-hydrogen) atoms. The molecule has 2 aromatic carbocycles. The van der Waals surface area contributed by atoms with E-state index in [4.69, 9.17) is 14.1 Å². The molecule has 162 valence electrons. The quantitative estimate of drug-likeness (QED) is 0.423. The largest absolute Gasteiger partial charge is 0.497 e. The Balaban J connectivity index is 1.65. The number of hydrogen-bond acceptors (Lipinski definition) is 4. The molecule has 7 heteroatoms. The molecule has 3 rings (SSSR count). The number of carbonyl (C=O) groups excluding carboxylic acids is 1. The second-order valence-electron chi connectivity index (χ2n) is 7.01. The molecule has 0 unspecified atom stereocenters. The van der Waals surface area contributed by atoms with Crippen molar-refractivity contribution in [2.75, 3.05) is 26.0 Å². The van der Waals surface area contributed by atoms with E-state index in [-0.39, 0.29) is 11.7 Å². The number of furan rings is 1. The van der Waals surface area contributed by atoms with Crippen molar-refractivity contribution in [3.05, 3.63) is 83.8 Å². The molecule has 0 atom stereocenters. The highest BCUT2D eigenvalue weighted by molar-refractivity contribution is 6.02. The Bertz CT molecular complexity index is 998. The van der Waals surface area contributed by atoms with Crippen molar-refractivity contribution in [2.45, 2.75) is 20.0 Å². The number of ether oxygens (including phenoxy) is 1. The molecule has 0 spiro atoms. The Hall–Kier alpha value is -3.74. The second kappa shape index (κ2) is 10.9. The number of guanidine groups is 1. The summed E-state index contributed by atoms with van der Waals surface area (Å²) in [7, 11) is 3.67. The summed E-state index contributed by atoms with van der Waals surface area (Å²) in [4.78, 5) is 19.0. The molecule has 0 aliphatic carbocycles. The van der Waals surface area contributed by atoms with Crippen LogP contribution < -0.4 is 15.4 Å². The summed E-state index contributed by atoms with van der Waals surface area (Å²) >= 11 is 0. The lowest BCUT2D eigenvalue weighted by molar-refractivity contribution is 0.0996. The number of rotatable bonds is 8. The highest BCUT2D eigenvalue weighted by atomic mass is 16.5. The minimum absolute atomic E-state index is 0.276. The molecule has 1 heterocycles. The van der Waals surface area contributed by atoms with Gasteiger partial charge >= 0.3 is 0 Å². The van der Waals surface area contributed by atoms with Crippen LogP contribution in [0.3, 0.4) is 0 Å². The van der Waals surface area contributed by atoms with Gasteiger partial charge in [0.15, 0.2) is 11.7 Å². The summed E-state index contributed by atoms with van der Waals surface area (Å²) < 4.78 is 10.4. The number of hydrogen-bond donors (Lipinski definition) is 2. The number of nitrogens with zero attached hydrogens (tertiary/aromatic N) is 2. The average Bonchev–Trinajstić information content (AvgIpc) is 3.32. The fourth-order valence-corrected chi connectivity index (χ4v) is 3.06. The molecule has 1 aromatic heterocycles. The summed E-state index contributed by atoms with van der Waals surface area (Å²) in [6.07, 6.45) is 1.48. The first-order valence-electron chi connectivity index (χ1n) is 10.1. The van der Waals surface area contributed by atoms with Crippen LogP contribution in [0.5, 0.6) is 5.75 Å². The number of methoxy groups -OCH3 is 1. The summed E-state index contributed by atoms with van der Waals surface area (Å²) in [6.45, 7) is 4.02. The van der Waals surface area contributed by atoms with Crippen LogP contribution in [0.1, 0.15) is 28.6 Å². The zero-order chi connectivity index (χ0) is 22.1. The minimum atomic E-state index is -0.279. The molecule has 0 aliphatic heterocycles. The van der Waals surface area contributed by atoms with Crippen molar-refractivity contribution < 1.29 is 13.9 Å². The van der Waals surface area contributed by atoms with E-state index in [1.165, 1.54) is 6.26 Å². The predicted octanol–water partition coefficient (Wildman–Crippen LogP) is 4.14. The number of carbonyl (C=O) groups is 1. The molecular formula is C24H28N4O3. The van der Waals surface area contributed by atoms with Crippen molar-refractivity contribution in [2.24, 2.45) is 4.99 Å². The normalized spacial score (nSPS) is 11.1. The zero-order valence-corrected chi connectivity index (χ0v) is 18.1. The lowest BCUT2D eigenvalue weighted by Crippen LogP contribution is -2.38. The molecule has 0 aliphatic rings. The minimum Gasteiger partial charge on any atom is -0.497 e. The third kappa shape index (κ3) is 6.37. The van der Waals surface area contributed by atoms with Gasteiger partial charge < -0.3 is 24.7 Å². The van der Waals surface area contributed by atoms with Crippen LogP contribution in [0.25, 0.3) is 0 Å². The molecule has 1 amide bonds. The van der Waals surface area contributed by atoms with Crippen LogP contribution in [0.4, 0.5) is 5.69 Å². The van der Waals surface area contributed by atoms with Gasteiger partial charge in [-0.3, -0.25) is 4.79 Å². The Labute approximate surface area is 182 Å². The van der Waals surface area contributed by atoms with Gasteiger partial charge in [0.1, 0.15) is 5.75 Å². The molecule has 3 aromatic rings. The lowest BCUT2D eigenvalue weighted by atomic mass is 10.2. The van der Waals surface area contributed by atoms with E-state index in [0.29, 0.717) is 12.2 Å². The predicted molar refractivity (Wildman–Crippen MR) is 122 cm³/mol. The SMILES string of the molecule is CCNC(=NCc1cccc(NC(=O)c2ccco2)c1)N(C)Cc1ccc(OC)cc1. The molecule has 0 bridgehead atoms. The fourth-order valence-electron chi connectivity index (χ4n) is 3.06. The third-order valence-electron chi connectivity index (χ3n) is 4.62. The van der Waals surface area contributed by atoms with Crippen molar-refractivity contribution >= 4 is 17.6 Å².